The van der Waals surface area contributed by atoms with E-state index in [-0.39, 0.29) is 29.1 Å². The summed E-state index contributed by atoms with van der Waals surface area (Å²) in [7, 11) is -2.60. The summed E-state index contributed by atoms with van der Waals surface area (Å²) in [6.45, 7) is 5.03. The predicted octanol–water partition coefficient (Wildman–Crippen LogP) is 4.88. The zero-order valence-electron chi connectivity index (χ0n) is 22.5. The first kappa shape index (κ1) is 30.0. The fraction of sp³-hybridized carbons (Fsp3) is 0.310. The van der Waals surface area contributed by atoms with Crippen LogP contribution in [0.3, 0.4) is 0 Å². The molecular formula is C29H34ClN3O5S. The van der Waals surface area contributed by atoms with E-state index < -0.39 is 28.5 Å². The van der Waals surface area contributed by atoms with Crippen LogP contribution in [0.2, 0.25) is 5.02 Å². The van der Waals surface area contributed by atoms with Crippen molar-refractivity contribution in [1.29, 1.82) is 0 Å². The van der Waals surface area contributed by atoms with Gasteiger partial charge in [-0.25, -0.2) is 8.42 Å². The lowest BCUT2D eigenvalue weighted by molar-refractivity contribution is -0.140. The second kappa shape index (κ2) is 13.5. The van der Waals surface area contributed by atoms with E-state index in [0.717, 1.165) is 9.87 Å². The van der Waals surface area contributed by atoms with Gasteiger partial charge in [-0.3, -0.25) is 13.9 Å². The molecule has 39 heavy (non-hydrogen) atoms. The van der Waals surface area contributed by atoms with E-state index in [9.17, 15) is 18.0 Å². The molecule has 2 amide bonds. The Morgan fingerprint density at radius 1 is 0.974 bits per heavy atom. The minimum absolute atomic E-state index is 0.0294. The Labute approximate surface area is 235 Å². The second-order valence-electron chi connectivity index (χ2n) is 9.27. The van der Waals surface area contributed by atoms with Gasteiger partial charge in [-0.15, -0.1) is 0 Å². The molecule has 0 aliphatic heterocycles. The van der Waals surface area contributed by atoms with Gasteiger partial charge >= 0.3 is 0 Å². The molecule has 1 N–H and O–H groups in total. The van der Waals surface area contributed by atoms with Gasteiger partial charge in [0.2, 0.25) is 11.8 Å². The molecule has 0 aliphatic carbocycles. The van der Waals surface area contributed by atoms with Crippen LogP contribution < -0.4 is 14.4 Å². The molecule has 0 aromatic heterocycles. The third kappa shape index (κ3) is 7.74. The molecule has 0 spiro atoms. The third-order valence-corrected chi connectivity index (χ3v) is 8.03. The first-order valence-electron chi connectivity index (χ1n) is 12.6. The lowest BCUT2D eigenvalue weighted by Crippen LogP contribution is -2.53. The van der Waals surface area contributed by atoms with E-state index >= 15 is 0 Å². The fourth-order valence-corrected chi connectivity index (χ4v) is 5.76. The predicted molar refractivity (Wildman–Crippen MR) is 153 cm³/mol. The normalized spacial score (nSPS) is 12.1. The molecule has 1 atom stereocenters. The molecule has 0 aliphatic rings. The van der Waals surface area contributed by atoms with Crippen molar-refractivity contribution in [2.24, 2.45) is 0 Å². The lowest BCUT2D eigenvalue weighted by Gasteiger charge is -2.33. The fourth-order valence-electron chi connectivity index (χ4n) is 4.15. The molecule has 3 rings (SSSR count). The van der Waals surface area contributed by atoms with Gasteiger partial charge in [0.05, 0.1) is 17.7 Å². The van der Waals surface area contributed by atoms with Gasteiger partial charge in [-0.2, -0.15) is 0 Å². The molecule has 0 radical (unpaired) electrons. The summed E-state index contributed by atoms with van der Waals surface area (Å²) in [5.74, 6) is -0.251. The van der Waals surface area contributed by atoms with Crippen molar-refractivity contribution in [1.82, 2.24) is 10.2 Å². The van der Waals surface area contributed by atoms with Gasteiger partial charge in [0.1, 0.15) is 18.3 Å². The number of nitrogens with one attached hydrogen (secondary N) is 1. The van der Waals surface area contributed by atoms with Gasteiger partial charge in [-0.1, -0.05) is 54.9 Å². The summed E-state index contributed by atoms with van der Waals surface area (Å²) in [6.07, 6.45) is 0.330. The van der Waals surface area contributed by atoms with Crippen LogP contribution in [-0.2, 0) is 26.2 Å². The maximum absolute atomic E-state index is 14.0. The highest BCUT2D eigenvalue weighted by Gasteiger charge is 2.34. The third-order valence-electron chi connectivity index (χ3n) is 6.01. The molecule has 208 valence electrons. The van der Waals surface area contributed by atoms with Crippen LogP contribution in [0.4, 0.5) is 5.69 Å². The molecule has 0 heterocycles. The van der Waals surface area contributed by atoms with Gasteiger partial charge in [0, 0.05) is 17.6 Å². The number of carbonyl (C=O) groups excluding carboxylic acids is 2. The number of halogens is 1. The topological polar surface area (TPSA) is 96.0 Å². The van der Waals surface area contributed by atoms with Gasteiger partial charge in [0.15, 0.2) is 0 Å². The summed E-state index contributed by atoms with van der Waals surface area (Å²) in [6, 6.07) is 20.4. The number of methoxy groups -OCH3 is 1. The zero-order valence-corrected chi connectivity index (χ0v) is 24.1. The Kier molecular flexibility index (Phi) is 10.4. The number of hydrogen-bond donors (Lipinski definition) is 1. The molecule has 3 aromatic rings. The Morgan fingerprint density at radius 3 is 2.28 bits per heavy atom. The smallest absolute Gasteiger partial charge is 0.264 e. The number of rotatable bonds is 12. The molecule has 0 bridgehead atoms. The quantitative estimate of drug-likeness (QED) is 0.334. The standard InChI is InChI=1S/C29H34ClN3O5S/c1-5-27(29(35)31-21(2)3)32(19-22-11-9-14-25(17-22)38-4)28(34)20-33(24-13-10-12-23(30)18-24)39(36,37)26-15-7-6-8-16-26/h6-18,21,27H,5,19-20H2,1-4H3,(H,31,35)/t27-/m0/s1. The van der Waals surface area contributed by atoms with Crippen molar-refractivity contribution in [3.8, 4) is 5.75 Å². The average molecular weight is 572 g/mol. The minimum atomic E-state index is -4.15. The largest absolute Gasteiger partial charge is 0.497 e. The molecule has 0 fully saturated rings. The number of ether oxygens (including phenoxy) is 1. The van der Waals surface area contributed by atoms with E-state index in [1.54, 1.807) is 61.7 Å². The number of carbonyl (C=O) groups is 2. The molecule has 8 nitrogen and oxygen atoms in total. The van der Waals surface area contributed by atoms with Crippen LogP contribution in [0.25, 0.3) is 0 Å². The minimum Gasteiger partial charge on any atom is -0.497 e. The average Bonchev–Trinajstić information content (AvgIpc) is 2.91. The molecule has 0 unspecified atom stereocenters. The zero-order chi connectivity index (χ0) is 28.6. The summed E-state index contributed by atoms with van der Waals surface area (Å²) in [4.78, 5) is 28.6. The van der Waals surface area contributed by atoms with Crippen molar-refractivity contribution in [2.45, 2.75) is 50.7 Å². The van der Waals surface area contributed by atoms with Crippen molar-refractivity contribution in [3.63, 3.8) is 0 Å². The monoisotopic (exact) mass is 571 g/mol. The van der Waals surface area contributed by atoms with Crippen LogP contribution in [-0.4, -0.2) is 50.9 Å². The molecule has 10 heteroatoms. The first-order chi connectivity index (χ1) is 18.6. The number of nitrogens with zero attached hydrogens (tertiary/aromatic N) is 2. The van der Waals surface area contributed by atoms with E-state index in [1.807, 2.05) is 26.8 Å². The molecule has 0 saturated heterocycles. The summed E-state index contributed by atoms with van der Waals surface area (Å²) >= 11 is 6.20. The maximum Gasteiger partial charge on any atom is 0.264 e. The summed E-state index contributed by atoms with van der Waals surface area (Å²) < 4.78 is 33.9. The van der Waals surface area contributed by atoms with E-state index in [1.165, 1.54) is 23.1 Å². The van der Waals surface area contributed by atoms with Crippen molar-refractivity contribution in [3.05, 3.63) is 89.4 Å². The van der Waals surface area contributed by atoms with Crippen molar-refractivity contribution >= 4 is 39.1 Å². The number of anilines is 1. The molecular weight excluding hydrogens is 538 g/mol. The second-order valence-corrected chi connectivity index (χ2v) is 11.6. The number of sulfonamides is 1. The van der Waals surface area contributed by atoms with E-state index in [4.69, 9.17) is 16.3 Å². The molecule has 3 aromatic carbocycles. The summed E-state index contributed by atoms with van der Waals surface area (Å²) in [5.41, 5.74) is 0.972. The van der Waals surface area contributed by atoms with Crippen LogP contribution >= 0.6 is 11.6 Å². The van der Waals surface area contributed by atoms with Gasteiger partial charge in [-0.05, 0) is 68.3 Å². The van der Waals surface area contributed by atoms with E-state index in [2.05, 4.69) is 5.32 Å². The Hall–Kier alpha value is -3.56. The number of benzene rings is 3. The SMILES string of the molecule is CC[C@@H](C(=O)NC(C)C)N(Cc1cccc(OC)c1)C(=O)CN(c1cccc(Cl)c1)S(=O)(=O)c1ccccc1. The highest BCUT2D eigenvalue weighted by atomic mass is 35.5. The van der Waals surface area contributed by atoms with Crippen molar-refractivity contribution < 1.29 is 22.7 Å². The number of hydrogen-bond acceptors (Lipinski definition) is 5. The van der Waals surface area contributed by atoms with Gasteiger partial charge in [0.25, 0.3) is 10.0 Å². The first-order valence-corrected chi connectivity index (χ1v) is 14.4. The van der Waals surface area contributed by atoms with Crippen LogP contribution in [0.15, 0.2) is 83.8 Å². The highest BCUT2D eigenvalue weighted by molar-refractivity contribution is 7.92. The summed E-state index contributed by atoms with van der Waals surface area (Å²) in [5, 5.41) is 3.20. The van der Waals surface area contributed by atoms with Gasteiger partial charge < -0.3 is 15.0 Å². The lowest BCUT2D eigenvalue weighted by atomic mass is 10.1. The van der Waals surface area contributed by atoms with Crippen molar-refractivity contribution in [2.75, 3.05) is 18.0 Å². The number of amides is 2. The maximum atomic E-state index is 14.0. The van der Waals surface area contributed by atoms with Crippen LogP contribution in [0, 0.1) is 0 Å². The van der Waals surface area contributed by atoms with E-state index in [0.29, 0.717) is 17.2 Å². The van der Waals surface area contributed by atoms with Crippen LogP contribution in [0.5, 0.6) is 5.75 Å². The molecule has 0 saturated carbocycles. The van der Waals surface area contributed by atoms with Crippen LogP contribution in [0.1, 0.15) is 32.8 Å². The Balaban J connectivity index is 2.06. The Bertz CT molecular complexity index is 1380. The Morgan fingerprint density at radius 2 is 1.67 bits per heavy atom. The highest BCUT2D eigenvalue weighted by Crippen LogP contribution is 2.27.